The van der Waals surface area contributed by atoms with Crippen molar-refractivity contribution in [1.29, 1.82) is 0 Å². The number of halogens is 4. The first-order valence-electron chi connectivity index (χ1n) is 15.0. The van der Waals surface area contributed by atoms with Gasteiger partial charge in [-0.2, -0.15) is 13.2 Å². The molecule has 1 aliphatic carbocycles. The van der Waals surface area contributed by atoms with E-state index in [-0.39, 0.29) is 58.7 Å². The molecule has 14 heteroatoms. The van der Waals surface area contributed by atoms with Gasteiger partial charge in [0.15, 0.2) is 5.82 Å². The van der Waals surface area contributed by atoms with E-state index in [0.29, 0.717) is 5.92 Å². The summed E-state index contributed by atoms with van der Waals surface area (Å²) in [6.07, 6.45) is 2.57. The van der Waals surface area contributed by atoms with Crippen molar-refractivity contribution in [3.63, 3.8) is 0 Å². The average molecular weight is 668 g/mol. The monoisotopic (exact) mass is 667 g/mol. The molecule has 45 heavy (non-hydrogen) atoms. The van der Waals surface area contributed by atoms with Gasteiger partial charge < -0.3 is 10.1 Å². The van der Waals surface area contributed by atoms with Crippen LogP contribution in [0.25, 0.3) is 5.82 Å². The van der Waals surface area contributed by atoms with Crippen LogP contribution in [-0.4, -0.2) is 54.0 Å². The van der Waals surface area contributed by atoms with Crippen LogP contribution in [-0.2, 0) is 16.4 Å². The largest absolute Gasteiger partial charge is 0.477 e. The number of ether oxygens (including phenoxy) is 1. The first-order valence-corrected chi connectivity index (χ1v) is 16.9. The van der Waals surface area contributed by atoms with E-state index in [9.17, 15) is 26.4 Å². The van der Waals surface area contributed by atoms with E-state index < -0.39 is 27.5 Å². The van der Waals surface area contributed by atoms with Gasteiger partial charge in [-0.25, -0.2) is 22.8 Å². The van der Waals surface area contributed by atoms with Crippen molar-refractivity contribution in [2.45, 2.75) is 81.8 Å². The number of hydrogen-bond acceptors (Lipinski definition) is 7. The summed E-state index contributed by atoms with van der Waals surface area (Å²) in [4.78, 5) is 16.9. The molecular formula is C31H37ClF3N5O4S. The van der Waals surface area contributed by atoms with Crippen LogP contribution in [0.1, 0.15) is 74.7 Å². The molecular weight excluding hydrogens is 631 g/mol. The molecule has 1 aromatic carbocycles. The average Bonchev–Trinajstić information content (AvgIpc) is 3.49. The van der Waals surface area contributed by atoms with Crippen LogP contribution in [0.4, 0.5) is 13.2 Å². The standard InChI is InChI=1S/C31H37ClF3N5O4S/c1-29(2)19-22(20-36-29)6-4-3-5-21-7-9-23(10-8-21)45(42,43)39-28(41)24-11-12-25(37-27(24)32)40-17-13-26(38-40)44-18-16-30(14-15-30)31(33,34)35/h7-13,17,22,36H,3-6,14-16,18-20H2,1-2H3,(H,39,41)/t22-/m0/s1. The predicted octanol–water partition coefficient (Wildman–Crippen LogP) is 6.25. The number of carbonyl (C=O) groups is 1. The first kappa shape index (κ1) is 33.2. The number of nitrogens with one attached hydrogen (secondary N) is 2. The molecule has 2 aliphatic rings. The zero-order valence-corrected chi connectivity index (χ0v) is 26.7. The zero-order chi connectivity index (χ0) is 32.5. The Morgan fingerprint density at radius 2 is 1.87 bits per heavy atom. The fraction of sp³-hybridized carbons (Fsp3) is 0.516. The molecule has 1 saturated carbocycles. The SMILES string of the molecule is CC1(C)C[C@H](CCCCc2ccc(S(=O)(=O)NC(=O)c3ccc(-n4ccc(OCCC5(C(F)(F)F)CC5)n4)nc3Cl)cc2)CN1. The molecule has 2 fully saturated rings. The highest BCUT2D eigenvalue weighted by Gasteiger charge is 2.62. The zero-order valence-electron chi connectivity index (χ0n) is 25.2. The Morgan fingerprint density at radius 3 is 2.49 bits per heavy atom. The summed E-state index contributed by atoms with van der Waals surface area (Å²) in [6.45, 7) is 5.36. The number of benzene rings is 1. The number of alkyl halides is 3. The number of carbonyl (C=O) groups excluding carboxylic acids is 1. The Morgan fingerprint density at radius 1 is 1.13 bits per heavy atom. The molecule has 2 aromatic heterocycles. The maximum Gasteiger partial charge on any atom is 0.394 e. The van der Waals surface area contributed by atoms with Crippen molar-refractivity contribution in [2.75, 3.05) is 13.2 Å². The Bertz CT molecular complexity index is 1620. The Kier molecular flexibility index (Phi) is 9.53. The third-order valence-corrected chi connectivity index (χ3v) is 10.3. The van der Waals surface area contributed by atoms with Gasteiger partial charge in [0.05, 0.1) is 22.5 Å². The van der Waals surface area contributed by atoms with Crippen LogP contribution in [0.3, 0.4) is 0 Å². The second-order valence-corrected chi connectivity index (χ2v) is 14.7. The minimum absolute atomic E-state index is 0.0496. The fourth-order valence-electron chi connectivity index (χ4n) is 5.73. The smallest absolute Gasteiger partial charge is 0.394 e. The van der Waals surface area contributed by atoms with Crippen molar-refractivity contribution < 1.29 is 31.1 Å². The van der Waals surface area contributed by atoms with Gasteiger partial charge in [0, 0.05) is 17.8 Å². The van der Waals surface area contributed by atoms with Gasteiger partial charge in [-0.1, -0.05) is 30.2 Å². The molecule has 2 N–H and O–H groups in total. The van der Waals surface area contributed by atoms with Gasteiger partial charge in [-0.15, -0.1) is 5.10 Å². The van der Waals surface area contributed by atoms with Crippen LogP contribution in [0.15, 0.2) is 53.6 Å². The summed E-state index contributed by atoms with van der Waals surface area (Å²) in [6, 6.07) is 10.6. The Hall–Kier alpha value is -3.16. The molecule has 0 bridgehead atoms. The molecule has 9 nitrogen and oxygen atoms in total. The van der Waals surface area contributed by atoms with E-state index in [1.165, 1.54) is 54.1 Å². The Balaban J connectivity index is 1.11. The van der Waals surface area contributed by atoms with Crippen molar-refractivity contribution in [2.24, 2.45) is 11.3 Å². The highest BCUT2D eigenvalue weighted by Crippen LogP contribution is 2.59. The topological polar surface area (TPSA) is 115 Å². The lowest BCUT2D eigenvalue weighted by Crippen LogP contribution is -2.31. The maximum atomic E-state index is 13.1. The van der Waals surface area contributed by atoms with Crippen molar-refractivity contribution in [3.8, 4) is 11.7 Å². The molecule has 3 aromatic rings. The number of amides is 1. The highest BCUT2D eigenvalue weighted by molar-refractivity contribution is 7.90. The lowest BCUT2D eigenvalue weighted by atomic mass is 9.92. The Labute approximate surface area is 266 Å². The van der Waals surface area contributed by atoms with E-state index in [0.717, 1.165) is 31.4 Å². The van der Waals surface area contributed by atoms with E-state index in [1.54, 1.807) is 12.1 Å². The third-order valence-electron chi connectivity index (χ3n) is 8.62. The molecule has 0 spiro atoms. The molecule has 0 unspecified atom stereocenters. The molecule has 0 radical (unpaired) electrons. The summed E-state index contributed by atoms with van der Waals surface area (Å²) < 4.78 is 73.9. The first-order chi connectivity index (χ1) is 21.2. The van der Waals surface area contributed by atoms with Gasteiger partial charge in [-0.05, 0) is 101 Å². The molecule has 1 aliphatic heterocycles. The number of aryl methyl sites for hydroxylation is 1. The molecule has 1 amide bonds. The summed E-state index contributed by atoms with van der Waals surface area (Å²) >= 11 is 6.23. The summed E-state index contributed by atoms with van der Waals surface area (Å²) in [5.41, 5.74) is -0.593. The van der Waals surface area contributed by atoms with E-state index in [2.05, 4.69) is 29.2 Å². The lowest BCUT2D eigenvalue weighted by molar-refractivity contribution is -0.190. The summed E-state index contributed by atoms with van der Waals surface area (Å²) in [5, 5.41) is 7.43. The summed E-state index contributed by atoms with van der Waals surface area (Å²) in [7, 11) is -4.17. The van der Waals surface area contributed by atoms with Crippen LogP contribution >= 0.6 is 11.6 Å². The lowest BCUT2D eigenvalue weighted by Gasteiger charge is -2.18. The van der Waals surface area contributed by atoms with E-state index in [1.807, 2.05) is 4.72 Å². The van der Waals surface area contributed by atoms with E-state index >= 15 is 0 Å². The van der Waals surface area contributed by atoms with E-state index in [4.69, 9.17) is 16.3 Å². The molecule has 1 saturated heterocycles. The minimum Gasteiger partial charge on any atom is -0.477 e. The number of aromatic nitrogens is 3. The van der Waals surface area contributed by atoms with Crippen molar-refractivity contribution in [3.05, 3.63) is 64.9 Å². The second kappa shape index (κ2) is 12.9. The third kappa shape index (κ3) is 8.17. The quantitative estimate of drug-likeness (QED) is 0.164. The van der Waals surface area contributed by atoms with Gasteiger partial charge >= 0.3 is 6.18 Å². The highest BCUT2D eigenvalue weighted by atomic mass is 35.5. The number of pyridine rings is 1. The van der Waals surface area contributed by atoms with Gasteiger partial charge in [0.1, 0.15) is 5.15 Å². The van der Waals surface area contributed by atoms with Gasteiger partial charge in [-0.3, -0.25) is 4.79 Å². The fourth-order valence-corrected chi connectivity index (χ4v) is 6.94. The number of hydrogen-bond donors (Lipinski definition) is 2. The van der Waals surface area contributed by atoms with Crippen molar-refractivity contribution >= 4 is 27.5 Å². The van der Waals surface area contributed by atoms with Crippen LogP contribution < -0.4 is 14.8 Å². The minimum atomic E-state index is -4.25. The van der Waals surface area contributed by atoms with Gasteiger partial charge in [0.25, 0.3) is 15.9 Å². The van der Waals surface area contributed by atoms with Crippen molar-refractivity contribution in [1.82, 2.24) is 24.8 Å². The van der Waals surface area contributed by atoms with Gasteiger partial charge in [0.2, 0.25) is 5.88 Å². The number of sulfonamides is 1. The number of nitrogens with zero attached hydrogens (tertiary/aromatic N) is 3. The molecule has 244 valence electrons. The number of unbranched alkanes of at least 4 members (excludes halogenated alkanes) is 1. The second-order valence-electron chi connectivity index (χ2n) is 12.6. The molecule has 3 heterocycles. The maximum absolute atomic E-state index is 13.1. The normalized spacial score (nSPS) is 18.9. The predicted molar refractivity (Wildman–Crippen MR) is 163 cm³/mol. The van der Waals surface area contributed by atoms with Crippen LogP contribution in [0.5, 0.6) is 5.88 Å². The van der Waals surface area contributed by atoms with Crippen LogP contribution in [0, 0.1) is 11.3 Å². The molecule has 1 atom stereocenters. The summed E-state index contributed by atoms with van der Waals surface area (Å²) in [5.74, 6) is 0.0464. The van der Waals surface area contributed by atoms with Crippen LogP contribution in [0.2, 0.25) is 5.15 Å². The molecule has 5 rings (SSSR count). The number of rotatable bonds is 13.